The van der Waals surface area contributed by atoms with Gasteiger partial charge in [-0.3, -0.25) is 9.78 Å². The molecule has 4 nitrogen and oxygen atoms in total. The van der Waals surface area contributed by atoms with Crippen LogP contribution >= 0.6 is 27.3 Å². The van der Waals surface area contributed by atoms with Crippen molar-refractivity contribution in [2.45, 2.75) is 38.1 Å². The van der Waals surface area contributed by atoms with E-state index in [1.54, 1.807) is 29.8 Å². The van der Waals surface area contributed by atoms with Gasteiger partial charge in [-0.1, -0.05) is 12.8 Å². The number of amides is 1. The van der Waals surface area contributed by atoms with Gasteiger partial charge in [0.1, 0.15) is 5.01 Å². The summed E-state index contributed by atoms with van der Waals surface area (Å²) in [7, 11) is 0. The van der Waals surface area contributed by atoms with E-state index in [-0.39, 0.29) is 11.4 Å². The van der Waals surface area contributed by atoms with Gasteiger partial charge in [0.25, 0.3) is 5.91 Å². The molecular formula is C15H16BrN3OS. The molecule has 0 aromatic carbocycles. The van der Waals surface area contributed by atoms with E-state index in [2.05, 4.69) is 31.2 Å². The fraction of sp³-hybridized carbons (Fsp3) is 0.400. The number of aromatic nitrogens is 2. The molecule has 3 rings (SSSR count). The highest BCUT2D eigenvalue weighted by Gasteiger charge is 2.39. The fourth-order valence-electron chi connectivity index (χ4n) is 2.77. The highest BCUT2D eigenvalue weighted by molar-refractivity contribution is 9.10. The van der Waals surface area contributed by atoms with Gasteiger partial charge in [0.15, 0.2) is 0 Å². The van der Waals surface area contributed by atoms with Crippen molar-refractivity contribution in [2.24, 2.45) is 0 Å². The maximum atomic E-state index is 12.5. The van der Waals surface area contributed by atoms with Crippen molar-refractivity contribution in [1.82, 2.24) is 15.3 Å². The number of halogens is 1. The number of rotatable bonds is 3. The SMILES string of the molecule is Cc1csc(C2(NC(=O)c3cncc(Br)c3)CCCC2)n1. The Bertz CT molecular complexity index is 664. The molecule has 1 saturated carbocycles. The number of nitrogens with one attached hydrogen (secondary N) is 1. The quantitative estimate of drug-likeness (QED) is 0.899. The van der Waals surface area contributed by atoms with Crippen LogP contribution in [0, 0.1) is 6.92 Å². The summed E-state index contributed by atoms with van der Waals surface area (Å²) < 4.78 is 0.806. The van der Waals surface area contributed by atoms with E-state index in [0.717, 1.165) is 40.9 Å². The zero-order valence-electron chi connectivity index (χ0n) is 11.7. The van der Waals surface area contributed by atoms with Crippen LogP contribution in [0.3, 0.4) is 0 Å². The first-order chi connectivity index (χ1) is 10.1. The van der Waals surface area contributed by atoms with Crippen LogP contribution in [0.5, 0.6) is 0 Å². The largest absolute Gasteiger partial charge is 0.340 e. The van der Waals surface area contributed by atoms with Gasteiger partial charge in [-0.05, 0) is 41.8 Å². The summed E-state index contributed by atoms with van der Waals surface area (Å²) in [6.45, 7) is 1.99. The summed E-state index contributed by atoms with van der Waals surface area (Å²) >= 11 is 4.99. The Kier molecular flexibility index (Phi) is 4.08. The maximum absolute atomic E-state index is 12.5. The van der Waals surface area contributed by atoms with Crippen molar-refractivity contribution in [1.29, 1.82) is 0 Å². The second kappa shape index (κ2) is 5.85. The average molecular weight is 366 g/mol. The first-order valence-electron chi connectivity index (χ1n) is 6.95. The van der Waals surface area contributed by atoms with Gasteiger partial charge in [0.2, 0.25) is 0 Å². The molecule has 1 aliphatic rings. The average Bonchev–Trinajstić information content (AvgIpc) is 3.09. The molecule has 0 radical (unpaired) electrons. The minimum Gasteiger partial charge on any atom is -0.340 e. The monoisotopic (exact) mass is 365 g/mol. The molecule has 0 bridgehead atoms. The Morgan fingerprint density at radius 2 is 2.14 bits per heavy atom. The van der Waals surface area contributed by atoms with E-state index in [4.69, 9.17) is 0 Å². The first-order valence-corrected chi connectivity index (χ1v) is 8.62. The molecule has 0 spiro atoms. The molecule has 21 heavy (non-hydrogen) atoms. The molecule has 0 saturated heterocycles. The van der Waals surface area contributed by atoms with Crippen LogP contribution in [-0.2, 0) is 5.54 Å². The fourth-order valence-corrected chi connectivity index (χ4v) is 4.15. The van der Waals surface area contributed by atoms with Gasteiger partial charge in [0, 0.05) is 27.9 Å². The van der Waals surface area contributed by atoms with Crippen LogP contribution in [0.25, 0.3) is 0 Å². The third kappa shape index (κ3) is 3.01. The second-order valence-corrected chi connectivity index (χ2v) is 7.20. The number of nitrogens with zero attached hydrogens (tertiary/aromatic N) is 2. The van der Waals surface area contributed by atoms with Gasteiger partial charge in [0.05, 0.1) is 11.1 Å². The highest BCUT2D eigenvalue weighted by Crippen LogP contribution is 2.40. The van der Waals surface area contributed by atoms with E-state index in [0.29, 0.717) is 5.56 Å². The number of hydrogen-bond acceptors (Lipinski definition) is 4. The van der Waals surface area contributed by atoms with Crippen LogP contribution in [0.1, 0.15) is 46.7 Å². The molecule has 1 fully saturated rings. The number of carbonyl (C=O) groups excluding carboxylic acids is 1. The first kappa shape index (κ1) is 14.7. The lowest BCUT2D eigenvalue weighted by Crippen LogP contribution is -2.43. The molecule has 0 unspecified atom stereocenters. The van der Waals surface area contributed by atoms with Crippen molar-refractivity contribution in [3.05, 3.63) is 44.6 Å². The number of pyridine rings is 1. The van der Waals surface area contributed by atoms with E-state index in [1.165, 1.54) is 0 Å². The number of aryl methyl sites for hydroxylation is 1. The summed E-state index contributed by atoms with van der Waals surface area (Å²) in [4.78, 5) is 21.2. The lowest BCUT2D eigenvalue weighted by molar-refractivity contribution is 0.0897. The molecule has 2 heterocycles. The second-order valence-electron chi connectivity index (χ2n) is 5.43. The van der Waals surface area contributed by atoms with Crippen molar-refractivity contribution in [3.63, 3.8) is 0 Å². The lowest BCUT2D eigenvalue weighted by Gasteiger charge is -2.28. The van der Waals surface area contributed by atoms with Crippen LogP contribution in [0.15, 0.2) is 28.3 Å². The molecule has 1 aliphatic carbocycles. The van der Waals surface area contributed by atoms with E-state index < -0.39 is 0 Å². The normalized spacial score (nSPS) is 16.9. The smallest absolute Gasteiger partial charge is 0.253 e. The zero-order chi connectivity index (χ0) is 14.9. The van der Waals surface area contributed by atoms with Crippen LogP contribution in [-0.4, -0.2) is 15.9 Å². The third-order valence-electron chi connectivity index (χ3n) is 3.81. The predicted octanol–water partition coefficient (Wildman–Crippen LogP) is 3.81. The summed E-state index contributed by atoms with van der Waals surface area (Å²) in [6.07, 6.45) is 7.41. The molecule has 1 N–H and O–H groups in total. The standard InChI is InChI=1S/C15H16BrN3OS/c1-10-9-21-14(18-10)15(4-2-3-5-15)19-13(20)11-6-12(16)8-17-7-11/h6-9H,2-5H2,1H3,(H,19,20). The van der Waals surface area contributed by atoms with Gasteiger partial charge in [-0.2, -0.15) is 0 Å². The minimum atomic E-state index is -0.307. The van der Waals surface area contributed by atoms with E-state index >= 15 is 0 Å². The summed E-state index contributed by atoms with van der Waals surface area (Å²) in [5, 5.41) is 6.28. The van der Waals surface area contributed by atoms with Crippen LogP contribution in [0.2, 0.25) is 0 Å². The van der Waals surface area contributed by atoms with Crippen molar-refractivity contribution in [3.8, 4) is 0 Å². The Morgan fingerprint density at radius 1 is 1.38 bits per heavy atom. The Balaban J connectivity index is 1.87. The number of hydrogen-bond donors (Lipinski definition) is 1. The minimum absolute atomic E-state index is 0.0847. The molecule has 0 atom stereocenters. The van der Waals surface area contributed by atoms with E-state index in [1.807, 2.05) is 12.3 Å². The van der Waals surface area contributed by atoms with Crippen molar-refractivity contribution in [2.75, 3.05) is 0 Å². The molecular weight excluding hydrogens is 350 g/mol. The molecule has 110 valence electrons. The lowest BCUT2D eigenvalue weighted by atomic mass is 9.98. The van der Waals surface area contributed by atoms with Gasteiger partial charge in [-0.25, -0.2) is 4.98 Å². The molecule has 0 aliphatic heterocycles. The third-order valence-corrected chi connectivity index (χ3v) is 5.40. The number of carbonyl (C=O) groups is 1. The van der Waals surface area contributed by atoms with Gasteiger partial charge < -0.3 is 5.32 Å². The van der Waals surface area contributed by atoms with Crippen LogP contribution < -0.4 is 5.32 Å². The predicted molar refractivity (Wildman–Crippen MR) is 86.4 cm³/mol. The summed E-state index contributed by atoms with van der Waals surface area (Å²) in [5.41, 5.74) is 1.28. The summed E-state index contributed by atoms with van der Waals surface area (Å²) in [6, 6.07) is 1.79. The molecule has 2 aromatic heterocycles. The van der Waals surface area contributed by atoms with Gasteiger partial charge >= 0.3 is 0 Å². The Hall–Kier alpha value is -1.27. The maximum Gasteiger partial charge on any atom is 0.253 e. The molecule has 2 aromatic rings. The Morgan fingerprint density at radius 3 is 2.76 bits per heavy atom. The topological polar surface area (TPSA) is 54.9 Å². The van der Waals surface area contributed by atoms with Crippen molar-refractivity contribution < 1.29 is 4.79 Å². The van der Waals surface area contributed by atoms with Gasteiger partial charge in [-0.15, -0.1) is 11.3 Å². The highest BCUT2D eigenvalue weighted by atomic mass is 79.9. The zero-order valence-corrected chi connectivity index (χ0v) is 14.1. The Labute approximate surface area is 136 Å². The van der Waals surface area contributed by atoms with Crippen LogP contribution in [0.4, 0.5) is 0 Å². The molecule has 1 amide bonds. The van der Waals surface area contributed by atoms with Crippen molar-refractivity contribution >= 4 is 33.2 Å². The summed E-state index contributed by atoms with van der Waals surface area (Å²) in [5.74, 6) is -0.0847. The number of thiazole rings is 1. The molecule has 6 heteroatoms. The van der Waals surface area contributed by atoms with E-state index in [9.17, 15) is 4.79 Å².